The zero-order chi connectivity index (χ0) is 13.2. The number of rotatable bonds is 2. The number of piperidine rings is 1. The Balaban J connectivity index is 1.82. The monoisotopic (exact) mass is 262 g/mol. The van der Waals surface area contributed by atoms with Crippen molar-refractivity contribution in [1.82, 2.24) is 5.32 Å². The Bertz CT molecular complexity index is 483. The molecule has 19 heavy (non-hydrogen) atoms. The summed E-state index contributed by atoms with van der Waals surface area (Å²) in [6.07, 6.45) is 4.69. The molecule has 2 aliphatic rings. The molecule has 1 amide bonds. The first kappa shape index (κ1) is 12.6. The molecule has 0 bridgehead atoms. The zero-order valence-corrected chi connectivity index (χ0v) is 11.0. The Morgan fingerprint density at radius 2 is 2.21 bits per heavy atom. The minimum atomic E-state index is -0.219. The van der Waals surface area contributed by atoms with E-state index in [0.717, 1.165) is 24.2 Å². The molecule has 1 fully saturated rings. The summed E-state index contributed by atoms with van der Waals surface area (Å²) in [6, 6.07) is 5.11. The Labute approximate surface area is 112 Å². The van der Waals surface area contributed by atoms with Gasteiger partial charge >= 0.3 is 0 Å². The molecule has 0 saturated carbocycles. The molecule has 1 N–H and O–H groups in total. The highest BCUT2D eigenvalue weighted by Crippen LogP contribution is 2.29. The third-order valence-electron chi connectivity index (χ3n) is 4.06. The number of carbonyl (C=O) groups excluding carboxylic acids is 1. The van der Waals surface area contributed by atoms with Gasteiger partial charge in [-0.25, -0.2) is 4.39 Å². The van der Waals surface area contributed by atoms with Crippen molar-refractivity contribution < 1.29 is 9.18 Å². The summed E-state index contributed by atoms with van der Waals surface area (Å²) in [5.74, 6) is -0.0599. The van der Waals surface area contributed by atoms with Crippen molar-refractivity contribution in [3.63, 3.8) is 0 Å². The number of hydrogen-bond acceptors (Lipinski definition) is 2. The van der Waals surface area contributed by atoms with Crippen LogP contribution in [-0.4, -0.2) is 25.0 Å². The van der Waals surface area contributed by atoms with E-state index in [-0.39, 0.29) is 11.7 Å². The van der Waals surface area contributed by atoms with Crippen LogP contribution in [0.5, 0.6) is 0 Å². The van der Waals surface area contributed by atoms with Crippen LogP contribution in [0.4, 0.5) is 10.1 Å². The lowest BCUT2D eigenvalue weighted by atomic mass is 9.98. The number of halogens is 1. The molecule has 1 unspecified atom stereocenters. The van der Waals surface area contributed by atoms with Gasteiger partial charge < -0.3 is 10.2 Å². The Kier molecular flexibility index (Phi) is 3.51. The first-order valence-electron chi connectivity index (χ1n) is 7.06. The number of fused-ring (bicyclic) bond motifs is 1. The molecule has 4 heteroatoms. The highest BCUT2D eigenvalue weighted by atomic mass is 19.1. The van der Waals surface area contributed by atoms with Crippen LogP contribution in [0.3, 0.4) is 0 Å². The van der Waals surface area contributed by atoms with E-state index in [0.29, 0.717) is 25.4 Å². The van der Waals surface area contributed by atoms with Crippen LogP contribution in [0.1, 0.15) is 31.2 Å². The molecule has 0 aliphatic carbocycles. The SMILES string of the molecule is O=C1CCc2cc(F)ccc2N1CC1CCCCN1. The Hall–Kier alpha value is -1.42. The van der Waals surface area contributed by atoms with E-state index in [2.05, 4.69) is 5.32 Å². The highest BCUT2D eigenvalue weighted by molar-refractivity contribution is 5.96. The van der Waals surface area contributed by atoms with E-state index in [1.807, 2.05) is 4.90 Å². The van der Waals surface area contributed by atoms with Crippen LogP contribution in [0.2, 0.25) is 0 Å². The van der Waals surface area contributed by atoms with E-state index in [1.54, 1.807) is 12.1 Å². The van der Waals surface area contributed by atoms with Gasteiger partial charge in [-0.05, 0) is 49.6 Å². The van der Waals surface area contributed by atoms with Crippen LogP contribution in [0.25, 0.3) is 0 Å². The molecule has 1 atom stereocenters. The van der Waals surface area contributed by atoms with E-state index < -0.39 is 0 Å². The average molecular weight is 262 g/mol. The predicted octanol–water partition coefficient (Wildman–Crippen LogP) is 2.25. The van der Waals surface area contributed by atoms with Crippen LogP contribution in [0.15, 0.2) is 18.2 Å². The van der Waals surface area contributed by atoms with Gasteiger partial charge in [0.15, 0.2) is 0 Å². The molecule has 2 aliphatic heterocycles. The molecule has 102 valence electrons. The highest BCUT2D eigenvalue weighted by Gasteiger charge is 2.27. The maximum atomic E-state index is 13.3. The number of benzene rings is 1. The molecular formula is C15H19FN2O. The number of hydrogen-bond donors (Lipinski definition) is 1. The standard InChI is InChI=1S/C15H19FN2O/c16-12-5-6-14-11(9-12)4-7-15(19)18(14)10-13-3-1-2-8-17-13/h5-6,9,13,17H,1-4,7-8,10H2. The zero-order valence-electron chi connectivity index (χ0n) is 11.0. The number of amides is 1. The molecular weight excluding hydrogens is 243 g/mol. The fourth-order valence-electron chi connectivity index (χ4n) is 3.03. The third-order valence-corrected chi connectivity index (χ3v) is 4.06. The first-order chi connectivity index (χ1) is 9.24. The Morgan fingerprint density at radius 1 is 1.32 bits per heavy atom. The van der Waals surface area contributed by atoms with Gasteiger partial charge in [-0.1, -0.05) is 6.42 Å². The van der Waals surface area contributed by atoms with Crippen LogP contribution in [-0.2, 0) is 11.2 Å². The number of carbonyl (C=O) groups is 1. The Morgan fingerprint density at radius 3 is 3.00 bits per heavy atom. The van der Waals surface area contributed by atoms with Crippen LogP contribution in [0, 0.1) is 5.82 Å². The smallest absolute Gasteiger partial charge is 0.227 e. The van der Waals surface area contributed by atoms with Crippen molar-refractivity contribution in [3.05, 3.63) is 29.6 Å². The fraction of sp³-hybridized carbons (Fsp3) is 0.533. The summed E-state index contributed by atoms with van der Waals surface area (Å²) in [5, 5.41) is 3.46. The van der Waals surface area contributed by atoms with Gasteiger partial charge in [0.2, 0.25) is 5.91 Å². The van der Waals surface area contributed by atoms with Crippen molar-refractivity contribution in [2.45, 2.75) is 38.1 Å². The molecule has 0 spiro atoms. The van der Waals surface area contributed by atoms with Gasteiger partial charge in [0.05, 0.1) is 0 Å². The quantitative estimate of drug-likeness (QED) is 0.886. The summed E-state index contributed by atoms with van der Waals surface area (Å²) in [5.41, 5.74) is 1.85. The molecule has 1 aromatic rings. The second-order valence-electron chi connectivity index (χ2n) is 5.42. The van der Waals surface area contributed by atoms with Gasteiger partial charge in [0.1, 0.15) is 5.82 Å². The number of nitrogens with zero attached hydrogens (tertiary/aromatic N) is 1. The molecule has 3 rings (SSSR count). The minimum Gasteiger partial charge on any atom is -0.312 e. The van der Waals surface area contributed by atoms with Gasteiger partial charge in [0, 0.05) is 24.7 Å². The predicted molar refractivity (Wildman–Crippen MR) is 72.7 cm³/mol. The molecule has 1 aromatic carbocycles. The molecule has 0 radical (unpaired) electrons. The first-order valence-corrected chi connectivity index (χ1v) is 7.06. The second kappa shape index (κ2) is 5.29. The summed E-state index contributed by atoms with van der Waals surface area (Å²) in [7, 11) is 0. The molecule has 1 saturated heterocycles. The van der Waals surface area contributed by atoms with Crippen LogP contribution >= 0.6 is 0 Å². The lowest BCUT2D eigenvalue weighted by molar-refractivity contribution is -0.119. The lowest BCUT2D eigenvalue weighted by Crippen LogP contribution is -2.47. The summed E-state index contributed by atoms with van der Waals surface area (Å²) in [6.45, 7) is 1.74. The largest absolute Gasteiger partial charge is 0.312 e. The van der Waals surface area contributed by atoms with Gasteiger partial charge in [-0.2, -0.15) is 0 Å². The van der Waals surface area contributed by atoms with Gasteiger partial charge in [-0.15, -0.1) is 0 Å². The second-order valence-corrected chi connectivity index (χ2v) is 5.42. The average Bonchev–Trinajstić information content (AvgIpc) is 2.43. The van der Waals surface area contributed by atoms with Crippen molar-refractivity contribution >= 4 is 11.6 Å². The van der Waals surface area contributed by atoms with E-state index in [9.17, 15) is 9.18 Å². The van der Waals surface area contributed by atoms with Gasteiger partial charge in [0.25, 0.3) is 0 Å². The fourth-order valence-corrected chi connectivity index (χ4v) is 3.03. The van der Waals surface area contributed by atoms with Gasteiger partial charge in [-0.3, -0.25) is 4.79 Å². The number of aryl methyl sites for hydroxylation is 1. The number of anilines is 1. The normalized spacial score (nSPS) is 23.3. The molecule has 2 heterocycles. The van der Waals surface area contributed by atoms with E-state index in [4.69, 9.17) is 0 Å². The van der Waals surface area contributed by atoms with Crippen molar-refractivity contribution in [2.75, 3.05) is 18.0 Å². The van der Waals surface area contributed by atoms with E-state index >= 15 is 0 Å². The maximum Gasteiger partial charge on any atom is 0.227 e. The minimum absolute atomic E-state index is 0.159. The topological polar surface area (TPSA) is 32.3 Å². The molecule has 0 aromatic heterocycles. The third kappa shape index (κ3) is 2.63. The molecule has 3 nitrogen and oxygen atoms in total. The summed E-state index contributed by atoms with van der Waals surface area (Å²) in [4.78, 5) is 14.0. The lowest BCUT2D eigenvalue weighted by Gasteiger charge is -2.34. The van der Waals surface area contributed by atoms with Crippen molar-refractivity contribution in [3.8, 4) is 0 Å². The van der Waals surface area contributed by atoms with Crippen molar-refractivity contribution in [1.29, 1.82) is 0 Å². The van der Waals surface area contributed by atoms with E-state index in [1.165, 1.54) is 18.9 Å². The number of nitrogens with one attached hydrogen (secondary N) is 1. The van der Waals surface area contributed by atoms with Crippen LogP contribution < -0.4 is 10.2 Å². The van der Waals surface area contributed by atoms with Crippen molar-refractivity contribution in [2.24, 2.45) is 0 Å². The summed E-state index contributed by atoms with van der Waals surface area (Å²) >= 11 is 0. The maximum absolute atomic E-state index is 13.3. The summed E-state index contributed by atoms with van der Waals surface area (Å²) < 4.78 is 13.3.